The fraction of sp³-hybridized carbons (Fsp3) is 0. The summed E-state index contributed by atoms with van der Waals surface area (Å²) < 4.78 is 0. The van der Waals surface area contributed by atoms with E-state index >= 15 is 0 Å². The molecule has 0 aromatic rings. The average molecular weight is 84.2 g/mol. The van der Waals surface area contributed by atoms with Crippen LogP contribution in [0.2, 0.25) is 0 Å². The molecule has 0 spiro atoms. The fourth-order valence-corrected chi connectivity index (χ4v) is 0. The molecule has 0 atom stereocenters. The van der Waals surface area contributed by atoms with Crippen LogP contribution in [0, 0.1) is 0 Å². The first-order chi connectivity index (χ1) is 1.41. The van der Waals surface area contributed by atoms with E-state index in [0.29, 0.717) is 0 Å². The van der Waals surface area contributed by atoms with Crippen molar-refractivity contribution < 1.29 is 57.9 Å². The van der Waals surface area contributed by atoms with E-state index in [9.17, 15) is 0 Å². The van der Waals surface area contributed by atoms with E-state index in [2.05, 4.69) is 6.58 Å². The maximum Gasteiger partial charge on any atom is 1.00 e. The van der Waals surface area contributed by atoms with Crippen molar-refractivity contribution in [3.8, 4) is 0 Å². The summed E-state index contributed by atoms with van der Waals surface area (Å²) in [7, 11) is 0. The van der Waals surface area contributed by atoms with Crippen LogP contribution >= 0.6 is 0 Å². The predicted octanol–water partition coefficient (Wildman–Crippen LogP) is -2.20. The summed E-state index contributed by atoms with van der Waals surface area (Å²) in [6.45, 7) is 2.92. The fourth-order valence-electron chi connectivity index (χ4n) is 0. The van der Waals surface area contributed by atoms with Crippen molar-refractivity contribution in [3.63, 3.8) is 0 Å². The van der Waals surface area contributed by atoms with Gasteiger partial charge in [-0.25, -0.2) is 0 Å². The van der Waals surface area contributed by atoms with E-state index in [1.54, 1.807) is 0 Å². The van der Waals surface area contributed by atoms with E-state index in [0.717, 1.165) is 6.26 Å². The molecule has 0 bridgehead atoms. The third kappa shape index (κ3) is 10.9. The molecule has 0 aromatic carbocycles. The molecule has 0 saturated carbocycles. The molecule has 0 aromatic heterocycles. The molecule has 0 unspecified atom stereocenters. The van der Waals surface area contributed by atoms with Gasteiger partial charge in [0.05, 0.1) is 6.26 Å². The van der Waals surface area contributed by atoms with Crippen LogP contribution in [0.4, 0.5) is 0 Å². The van der Waals surface area contributed by atoms with E-state index in [1.165, 1.54) is 0 Å². The van der Waals surface area contributed by atoms with Crippen LogP contribution in [0.25, 0.3) is 0 Å². The second-order valence-electron chi connectivity index (χ2n) is 0.183. The summed E-state index contributed by atoms with van der Waals surface area (Å²) in [5.74, 6) is 0. The Kier molecular flexibility index (Phi) is 19.9. The van der Waals surface area contributed by atoms with Crippen LogP contribution in [0.15, 0.2) is 12.8 Å². The largest absolute Gasteiger partial charge is 1.00 e. The molecule has 1 N–H and O–H groups in total. The summed E-state index contributed by atoms with van der Waals surface area (Å²) in [5.41, 5.74) is 0. The number of hydrogen-bond acceptors (Lipinski definition) is 1. The van der Waals surface area contributed by atoms with E-state index in [-0.39, 0.29) is 52.8 Å². The zero-order chi connectivity index (χ0) is 2.71. The van der Waals surface area contributed by atoms with Crippen molar-refractivity contribution in [1.29, 1.82) is 0 Å². The van der Waals surface area contributed by atoms with Gasteiger partial charge in [0.25, 0.3) is 0 Å². The second kappa shape index (κ2) is 8.90. The minimum atomic E-state index is 0. The summed E-state index contributed by atoms with van der Waals surface area (Å²) in [6, 6.07) is 0. The Bertz CT molecular complexity index is 17.1. The first-order valence-electron chi connectivity index (χ1n) is 0.666. The summed E-state index contributed by atoms with van der Waals surface area (Å²) >= 11 is 0. The first-order valence-corrected chi connectivity index (χ1v) is 0.666. The van der Waals surface area contributed by atoms with Gasteiger partial charge in [0, 0.05) is 0 Å². The Morgan fingerprint density at radius 2 is 2.00 bits per heavy atom. The Morgan fingerprint density at radius 3 is 2.00 bits per heavy atom. The molecule has 20 valence electrons. The van der Waals surface area contributed by atoms with Crippen molar-refractivity contribution in [2.75, 3.05) is 0 Å². The number of aliphatic hydroxyl groups excluding tert-OH is 1. The van der Waals surface area contributed by atoms with Gasteiger partial charge in [0.1, 0.15) is 0 Å². The molecular formula is C2H5KO. The molecule has 0 amide bonds. The van der Waals surface area contributed by atoms with Crippen molar-refractivity contribution in [2.45, 2.75) is 0 Å². The third-order valence-corrected chi connectivity index (χ3v) is 0. The van der Waals surface area contributed by atoms with E-state index in [1.807, 2.05) is 0 Å². The van der Waals surface area contributed by atoms with Crippen molar-refractivity contribution in [1.82, 2.24) is 0 Å². The number of aliphatic hydroxyl groups is 1. The standard InChI is InChI=1S/C2H4O.K.H/c1-2-3;;/h2-3H,1H2;;/q;+1;-1. The predicted molar refractivity (Wildman–Crippen MR) is 13.9 cm³/mol. The van der Waals surface area contributed by atoms with Gasteiger partial charge in [-0.05, 0) is 0 Å². The zero-order valence-electron chi connectivity index (χ0n) is 3.73. The molecule has 0 aliphatic heterocycles. The molecule has 0 rings (SSSR count). The smallest absolute Gasteiger partial charge is 1.00 e. The second-order valence-corrected chi connectivity index (χ2v) is 0.183. The first kappa shape index (κ1) is 8.95. The van der Waals surface area contributed by atoms with E-state index in [4.69, 9.17) is 5.11 Å². The van der Waals surface area contributed by atoms with Gasteiger partial charge in [-0.1, -0.05) is 6.58 Å². The maximum absolute atomic E-state index is 7.33. The number of rotatable bonds is 0. The topological polar surface area (TPSA) is 20.2 Å². The van der Waals surface area contributed by atoms with Crippen LogP contribution in [-0.4, -0.2) is 5.11 Å². The van der Waals surface area contributed by atoms with Crippen LogP contribution in [0.5, 0.6) is 0 Å². The molecule has 0 saturated heterocycles. The van der Waals surface area contributed by atoms with Crippen LogP contribution in [0.1, 0.15) is 1.43 Å². The van der Waals surface area contributed by atoms with Gasteiger partial charge >= 0.3 is 51.4 Å². The van der Waals surface area contributed by atoms with E-state index < -0.39 is 0 Å². The third-order valence-electron chi connectivity index (χ3n) is 0. The van der Waals surface area contributed by atoms with Crippen LogP contribution in [0.3, 0.4) is 0 Å². The average Bonchev–Trinajstić information content (AvgIpc) is 0.918. The quantitative estimate of drug-likeness (QED) is 0.261. The molecule has 0 heterocycles. The van der Waals surface area contributed by atoms with Gasteiger partial charge < -0.3 is 6.53 Å². The van der Waals surface area contributed by atoms with Crippen LogP contribution in [-0.2, 0) is 0 Å². The molecule has 4 heavy (non-hydrogen) atoms. The monoisotopic (exact) mass is 84.0 g/mol. The molecule has 0 radical (unpaired) electrons. The summed E-state index contributed by atoms with van der Waals surface area (Å²) in [6.07, 6.45) is 0.750. The Morgan fingerprint density at radius 1 is 2.00 bits per heavy atom. The molecular weight excluding hydrogens is 79.1 g/mol. The minimum Gasteiger partial charge on any atom is -1.00 e. The SMILES string of the molecule is C=CO.[H-].[K+]. The minimum absolute atomic E-state index is 0. The summed E-state index contributed by atoms with van der Waals surface area (Å²) in [4.78, 5) is 0. The van der Waals surface area contributed by atoms with Gasteiger partial charge in [0.2, 0.25) is 0 Å². The van der Waals surface area contributed by atoms with Crippen molar-refractivity contribution >= 4 is 0 Å². The molecule has 2 heteroatoms. The van der Waals surface area contributed by atoms with Crippen molar-refractivity contribution in [2.24, 2.45) is 0 Å². The molecule has 0 aliphatic carbocycles. The Balaban J connectivity index is -0.0000000200. The molecule has 0 aliphatic rings. The maximum atomic E-state index is 7.33. The molecule has 1 nitrogen and oxygen atoms in total. The van der Waals surface area contributed by atoms with Crippen molar-refractivity contribution in [3.05, 3.63) is 12.8 Å². The Hall–Kier alpha value is 1.18. The summed E-state index contributed by atoms with van der Waals surface area (Å²) in [5, 5.41) is 7.33. The van der Waals surface area contributed by atoms with Gasteiger partial charge in [-0.2, -0.15) is 0 Å². The van der Waals surface area contributed by atoms with Gasteiger partial charge in [-0.3, -0.25) is 0 Å². The van der Waals surface area contributed by atoms with Crippen LogP contribution < -0.4 is 51.4 Å². The number of hydrogen-bond donors (Lipinski definition) is 1. The zero-order valence-corrected chi connectivity index (χ0v) is 5.85. The normalized spacial score (nSPS) is 3.00. The van der Waals surface area contributed by atoms with Gasteiger partial charge in [0.15, 0.2) is 0 Å². The molecule has 0 fully saturated rings. The Labute approximate surface area is 69.6 Å². The van der Waals surface area contributed by atoms with Gasteiger partial charge in [-0.15, -0.1) is 0 Å².